The molecule has 0 amide bonds. The average molecular weight is 223 g/mol. The number of aliphatic hydroxyl groups excluding tert-OH is 1. The summed E-state index contributed by atoms with van der Waals surface area (Å²) in [5, 5.41) is 21.5. The zero-order valence-electron chi connectivity index (χ0n) is 10.5. The molecule has 0 aliphatic heterocycles. The smallest absolute Gasteiger partial charge is 0.0828 e. The minimum absolute atomic E-state index is 0.0731. The van der Waals surface area contributed by atoms with E-state index >= 15 is 0 Å². The van der Waals surface area contributed by atoms with Gasteiger partial charge in [-0.25, -0.2) is 0 Å². The SMILES string of the molecule is CC1=C(C=CC(C)O)C(C)(C)CCC1=NO. The molecule has 0 spiro atoms. The standard InChI is InChI=1S/C13H21NO2/c1-9(15)5-6-11-10(2)12(14-16)7-8-13(11,3)4/h5-6,9,15-16H,7-8H2,1-4H3. The second-order valence-corrected chi connectivity index (χ2v) is 5.07. The summed E-state index contributed by atoms with van der Waals surface area (Å²) in [5.74, 6) is 0. The van der Waals surface area contributed by atoms with Crippen LogP contribution in [0.3, 0.4) is 0 Å². The number of rotatable bonds is 2. The third-order valence-electron chi connectivity index (χ3n) is 3.21. The first-order valence-electron chi connectivity index (χ1n) is 5.67. The highest BCUT2D eigenvalue weighted by atomic mass is 16.4. The van der Waals surface area contributed by atoms with E-state index in [1.54, 1.807) is 13.0 Å². The zero-order valence-corrected chi connectivity index (χ0v) is 10.5. The Bertz CT molecular complexity index is 349. The number of hydrogen-bond acceptors (Lipinski definition) is 3. The van der Waals surface area contributed by atoms with Gasteiger partial charge in [-0.05, 0) is 43.3 Å². The van der Waals surface area contributed by atoms with Crippen LogP contribution in [-0.4, -0.2) is 22.1 Å². The maximum atomic E-state index is 9.27. The Balaban J connectivity index is 3.14. The molecule has 1 atom stereocenters. The van der Waals surface area contributed by atoms with E-state index in [-0.39, 0.29) is 5.41 Å². The topological polar surface area (TPSA) is 52.8 Å². The van der Waals surface area contributed by atoms with Crippen LogP contribution in [0.4, 0.5) is 0 Å². The molecule has 0 aromatic carbocycles. The lowest BCUT2D eigenvalue weighted by atomic mass is 9.72. The van der Waals surface area contributed by atoms with Crippen molar-refractivity contribution < 1.29 is 10.3 Å². The van der Waals surface area contributed by atoms with Gasteiger partial charge < -0.3 is 10.3 Å². The predicted octanol–water partition coefficient (Wildman–Crippen LogP) is 2.89. The summed E-state index contributed by atoms with van der Waals surface area (Å²) in [6.45, 7) is 8.04. The highest BCUT2D eigenvalue weighted by Crippen LogP contribution is 2.39. The molecule has 0 bridgehead atoms. The van der Waals surface area contributed by atoms with Crippen LogP contribution in [-0.2, 0) is 0 Å². The summed E-state index contributed by atoms with van der Waals surface area (Å²) in [7, 11) is 0. The first-order valence-corrected chi connectivity index (χ1v) is 5.67. The lowest BCUT2D eigenvalue weighted by Gasteiger charge is -2.33. The van der Waals surface area contributed by atoms with Gasteiger partial charge in [-0.15, -0.1) is 0 Å². The lowest BCUT2D eigenvalue weighted by Crippen LogP contribution is -2.24. The molecule has 16 heavy (non-hydrogen) atoms. The Morgan fingerprint density at radius 1 is 1.44 bits per heavy atom. The third-order valence-corrected chi connectivity index (χ3v) is 3.21. The van der Waals surface area contributed by atoms with Crippen molar-refractivity contribution in [3.05, 3.63) is 23.3 Å². The molecule has 0 fully saturated rings. The van der Waals surface area contributed by atoms with Crippen LogP contribution in [0.5, 0.6) is 0 Å². The van der Waals surface area contributed by atoms with E-state index in [4.69, 9.17) is 5.21 Å². The summed E-state index contributed by atoms with van der Waals surface area (Å²) in [6, 6.07) is 0. The van der Waals surface area contributed by atoms with Crippen molar-refractivity contribution in [3.63, 3.8) is 0 Å². The molecule has 2 N–H and O–H groups in total. The van der Waals surface area contributed by atoms with E-state index in [0.717, 1.165) is 29.7 Å². The number of hydrogen-bond donors (Lipinski definition) is 2. The number of oxime groups is 1. The zero-order chi connectivity index (χ0) is 12.3. The Hall–Kier alpha value is -1.09. The van der Waals surface area contributed by atoms with E-state index in [1.165, 1.54) is 0 Å². The van der Waals surface area contributed by atoms with Crippen LogP contribution in [0.1, 0.15) is 40.5 Å². The van der Waals surface area contributed by atoms with E-state index in [1.807, 2.05) is 13.0 Å². The number of aliphatic hydroxyl groups is 1. The molecule has 0 aromatic heterocycles. The third kappa shape index (κ3) is 2.73. The molecule has 1 unspecified atom stereocenters. The molecule has 0 saturated heterocycles. The van der Waals surface area contributed by atoms with Crippen molar-refractivity contribution in [1.82, 2.24) is 0 Å². The molecule has 1 aliphatic carbocycles. The van der Waals surface area contributed by atoms with Gasteiger partial charge in [0.25, 0.3) is 0 Å². The molecular formula is C13H21NO2. The van der Waals surface area contributed by atoms with Gasteiger partial charge >= 0.3 is 0 Å². The largest absolute Gasteiger partial charge is 0.411 e. The van der Waals surface area contributed by atoms with Crippen molar-refractivity contribution in [1.29, 1.82) is 0 Å². The average Bonchev–Trinajstić information content (AvgIpc) is 2.16. The minimum atomic E-state index is -0.451. The first-order chi connectivity index (χ1) is 7.38. The quantitative estimate of drug-likeness (QED) is 0.558. The van der Waals surface area contributed by atoms with E-state index in [0.29, 0.717) is 0 Å². The summed E-state index contributed by atoms with van der Waals surface area (Å²) in [5.41, 5.74) is 3.00. The van der Waals surface area contributed by atoms with Gasteiger partial charge in [-0.3, -0.25) is 0 Å². The van der Waals surface area contributed by atoms with Gasteiger partial charge in [0.05, 0.1) is 11.8 Å². The second kappa shape index (κ2) is 4.83. The predicted molar refractivity (Wildman–Crippen MR) is 65.8 cm³/mol. The van der Waals surface area contributed by atoms with Crippen molar-refractivity contribution >= 4 is 5.71 Å². The van der Waals surface area contributed by atoms with E-state index in [9.17, 15) is 5.11 Å². The lowest BCUT2D eigenvalue weighted by molar-refractivity contribution is 0.244. The summed E-state index contributed by atoms with van der Waals surface area (Å²) in [4.78, 5) is 0. The van der Waals surface area contributed by atoms with Crippen LogP contribution in [0.25, 0.3) is 0 Å². The maximum absolute atomic E-state index is 9.27. The number of nitrogens with zero attached hydrogens (tertiary/aromatic N) is 1. The van der Waals surface area contributed by atoms with Crippen molar-refractivity contribution in [2.45, 2.75) is 46.6 Å². The van der Waals surface area contributed by atoms with Crippen LogP contribution >= 0.6 is 0 Å². The molecule has 3 nitrogen and oxygen atoms in total. The van der Waals surface area contributed by atoms with E-state index in [2.05, 4.69) is 19.0 Å². The molecule has 0 heterocycles. The Morgan fingerprint density at radius 3 is 2.56 bits per heavy atom. The molecule has 3 heteroatoms. The monoisotopic (exact) mass is 223 g/mol. The molecular weight excluding hydrogens is 202 g/mol. The van der Waals surface area contributed by atoms with Gasteiger partial charge in [-0.2, -0.15) is 0 Å². The normalized spacial score (nSPS) is 25.4. The summed E-state index contributed by atoms with van der Waals surface area (Å²) < 4.78 is 0. The van der Waals surface area contributed by atoms with Gasteiger partial charge in [0.2, 0.25) is 0 Å². The fraction of sp³-hybridized carbons (Fsp3) is 0.615. The fourth-order valence-corrected chi connectivity index (χ4v) is 2.13. The molecule has 90 valence electrons. The molecule has 0 aromatic rings. The van der Waals surface area contributed by atoms with Gasteiger partial charge in [0.1, 0.15) is 0 Å². The molecule has 1 aliphatic rings. The van der Waals surface area contributed by atoms with Gasteiger partial charge in [0, 0.05) is 0 Å². The van der Waals surface area contributed by atoms with Crippen LogP contribution in [0.2, 0.25) is 0 Å². The maximum Gasteiger partial charge on any atom is 0.0828 e. The van der Waals surface area contributed by atoms with Gasteiger partial charge in [0.15, 0.2) is 0 Å². The van der Waals surface area contributed by atoms with Gasteiger partial charge in [-0.1, -0.05) is 31.2 Å². The van der Waals surface area contributed by atoms with Crippen molar-refractivity contribution in [3.8, 4) is 0 Å². The fourth-order valence-electron chi connectivity index (χ4n) is 2.13. The van der Waals surface area contributed by atoms with Crippen molar-refractivity contribution in [2.75, 3.05) is 0 Å². The highest BCUT2D eigenvalue weighted by molar-refractivity contribution is 6.01. The van der Waals surface area contributed by atoms with Crippen molar-refractivity contribution in [2.24, 2.45) is 10.6 Å². The highest BCUT2D eigenvalue weighted by Gasteiger charge is 2.29. The van der Waals surface area contributed by atoms with E-state index < -0.39 is 6.10 Å². The summed E-state index contributed by atoms with van der Waals surface area (Å²) in [6.07, 6.45) is 5.03. The molecule has 0 saturated carbocycles. The van der Waals surface area contributed by atoms with Crippen LogP contribution < -0.4 is 0 Å². The number of allylic oxidation sites excluding steroid dienone is 3. The molecule has 1 rings (SSSR count). The Labute approximate surface area is 97.2 Å². The van der Waals surface area contributed by atoms with Crippen LogP contribution in [0, 0.1) is 5.41 Å². The summed E-state index contributed by atoms with van der Waals surface area (Å²) >= 11 is 0. The first kappa shape index (κ1) is 13.0. The Kier molecular flexibility index (Phi) is 3.92. The van der Waals surface area contributed by atoms with Crippen LogP contribution in [0.15, 0.2) is 28.5 Å². The Morgan fingerprint density at radius 2 is 2.06 bits per heavy atom. The minimum Gasteiger partial charge on any atom is -0.411 e. The second-order valence-electron chi connectivity index (χ2n) is 5.07. The molecule has 0 radical (unpaired) electrons.